The minimum absolute atomic E-state index is 0.198. The molecule has 0 heterocycles. The number of benzene rings is 1. The molecule has 0 saturated carbocycles. The summed E-state index contributed by atoms with van der Waals surface area (Å²) >= 11 is 0. The Bertz CT molecular complexity index is 445. The summed E-state index contributed by atoms with van der Waals surface area (Å²) in [5.41, 5.74) is 0.625. The van der Waals surface area contributed by atoms with Gasteiger partial charge in [-0.05, 0) is 5.56 Å². The molecule has 1 aromatic carbocycles. The third kappa shape index (κ3) is 3.06. The summed E-state index contributed by atoms with van der Waals surface area (Å²) in [6.07, 6.45) is -1.40. The molecule has 0 unspecified atom stereocenters. The van der Waals surface area contributed by atoms with E-state index < -0.39 is 20.1 Å². The van der Waals surface area contributed by atoms with Crippen LogP contribution >= 0.6 is 0 Å². The van der Waals surface area contributed by atoms with Crippen LogP contribution in [0.15, 0.2) is 30.3 Å². The summed E-state index contributed by atoms with van der Waals surface area (Å²) in [6, 6.07) is 8.51. The van der Waals surface area contributed by atoms with Crippen LogP contribution in [-0.4, -0.2) is 25.2 Å². The van der Waals surface area contributed by atoms with Gasteiger partial charge in [0, 0.05) is 11.1 Å². The Hall–Kier alpha value is -1.55. The van der Waals surface area contributed by atoms with Crippen molar-refractivity contribution in [2.45, 2.75) is 6.61 Å². The lowest BCUT2D eigenvalue weighted by molar-refractivity contribution is -0.0919. The highest BCUT2D eigenvalue weighted by molar-refractivity contribution is 5.65. The molecule has 0 aliphatic carbocycles. The molecule has 0 aliphatic heterocycles. The van der Waals surface area contributed by atoms with Crippen molar-refractivity contribution in [3.05, 3.63) is 35.9 Å². The topological polar surface area (TPSA) is 38.8 Å². The molecular formula is C10H13NO3. The molecule has 1 aromatic rings. The molecule has 14 heavy (non-hydrogen) atoms. The van der Waals surface area contributed by atoms with Gasteiger partial charge in [-0.3, -0.25) is 4.84 Å². The van der Waals surface area contributed by atoms with E-state index in [2.05, 4.69) is 4.84 Å². The van der Waals surface area contributed by atoms with Crippen LogP contribution in [0.4, 0.5) is 4.79 Å². The maximum atomic E-state index is 11.6. The van der Waals surface area contributed by atoms with Gasteiger partial charge >= 0.3 is 6.09 Å². The molecule has 0 saturated heterocycles. The van der Waals surface area contributed by atoms with Crippen molar-refractivity contribution in [3.8, 4) is 0 Å². The second kappa shape index (κ2) is 5.24. The van der Waals surface area contributed by atoms with Crippen molar-refractivity contribution in [3.63, 3.8) is 0 Å². The van der Waals surface area contributed by atoms with E-state index in [4.69, 9.17) is 13.0 Å². The van der Waals surface area contributed by atoms with Gasteiger partial charge in [-0.2, -0.15) is 5.06 Å². The highest BCUT2D eigenvalue weighted by Gasteiger charge is 2.08. The second-order valence-corrected chi connectivity index (χ2v) is 2.43. The monoisotopic (exact) mass is 201 g/mol. The van der Waals surface area contributed by atoms with E-state index in [1.165, 1.54) is 0 Å². The average Bonchev–Trinajstić information content (AvgIpc) is 2.32. The van der Waals surface area contributed by atoms with E-state index in [9.17, 15) is 4.79 Å². The molecule has 0 radical (unpaired) electrons. The Kier molecular flexibility index (Phi) is 1.79. The smallest absolute Gasteiger partial charge is 0.433 e. The highest BCUT2D eigenvalue weighted by atomic mass is 16.7. The summed E-state index contributed by atoms with van der Waals surface area (Å²) in [7, 11) is -3.07. The summed E-state index contributed by atoms with van der Waals surface area (Å²) in [5, 5.41) is -0.261. The van der Waals surface area contributed by atoms with E-state index in [1.54, 1.807) is 30.3 Å². The molecule has 0 bridgehead atoms. The van der Waals surface area contributed by atoms with Crippen LogP contribution < -0.4 is 0 Å². The summed E-state index contributed by atoms with van der Waals surface area (Å²) < 4.78 is 46.4. The third-order valence-corrected chi connectivity index (χ3v) is 1.46. The quantitative estimate of drug-likeness (QED) is 0.700. The molecule has 4 heteroatoms. The predicted octanol–water partition coefficient (Wildman–Crippen LogP) is 1.82. The van der Waals surface area contributed by atoms with E-state index >= 15 is 0 Å². The summed E-state index contributed by atoms with van der Waals surface area (Å²) in [4.78, 5) is 15.8. The minimum atomic E-state index is -3.08. The van der Waals surface area contributed by atoms with E-state index in [-0.39, 0.29) is 11.7 Å². The van der Waals surface area contributed by atoms with Crippen LogP contribution in [0.3, 0.4) is 0 Å². The van der Waals surface area contributed by atoms with Gasteiger partial charge in [0.1, 0.15) is 6.61 Å². The van der Waals surface area contributed by atoms with Crippen molar-refractivity contribution in [1.29, 1.82) is 0 Å². The zero-order valence-corrected chi connectivity index (χ0v) is 7.27. The maximum absolute atomic E-state index is 11.6. The number of nitrogens with zero attached hydrogens (tertiary/aromatic N) is 1. The number of rotatable bonds is 3. The summed E-state index contributed by atoms with van der Waals surface area (Å²) in [5.74, 6) is 0. The lowest BCUT2D eigenvalue weighted by Crippen LogP contribution is -2.25. The zero-order chi connectivity index (χ0) is 15.4. The second-order valence-electron chi connectivity index (χ2n) is 2.43. The number of ether oxygens (including phenoxy) is 1. The molecule has 1 amide bonds. The van der Waals surface area contributed by atoms with Crippen molar-refractivity contribution < 1.29 is 22.6 Å². The Labute approximate surface area is 91.4 Å². The van der Waals surface area contributed by atoms with Crippen LogP contribution in [-0.2, 0) is 16.2 Å². The molecule has 0 aromatic heterocycles. The number of amides is 1. The zero-order valence-electron chi connectivity index (χ0n) is 13.3. The first-order valence-electron chi connectivity index (χ1n) is 6.80. The lowest BCUT2D eigenvalue weighted by atomic mass is 10.2. The number of carbonyl (C=O) groups is 1. The fourth-order valence-electron chi connectivity index (χ4n) is 0.815. The first-order valence-corrected chi connectivity index (χ1v) is 3.80. The predicted molar refractivity (Wildman–Crippen MR) is 51.4 cm³/mol. The molecule has 76 valence electrons. The van der Waals surface area contributed by atoms with Gasteiger partial charge in [-0.25, -0.2) is 4.79 Å². The Morgan fingerprint density at radius 3 is 2.93 bits per heavy atom. The standard InChI is InChI=1S/C10H13NO3/c1-11(13-2)10(12)14-8-9-6-4-3-5-7-9/h3-7H,8H2,1-2H3/i1D3,2D3. The molecule has 0 fully saturated rings. The van der Waals surface area contributed by atoms with Crippen molar-refractivity contribution in [2.24, 2.45) is 0 Å². The van der Waals surface area contributed by atoms with Crippen molar-refractivity contribution >= 4 is 6.09 Å². The van der Waals surface area contributed by atoms with Crippen molar-refractivity contribution in [2.75, 3.05) is 14.0 Å². The molecule has 1 rings (SSSR count). The molecule has 4 nitrogen and oxygen atoms in total. The van der Waals surface area contributed by atoms with Gasteiger partial charge in [0.25, 0.3) is 0 Å². The molecular weight excluding hydrogens is 182 g/mol. The fraction of sp³-hybridized carbons (Fsp3) is 0.300. The van der Waals surface area contributed by atoms with Gasteiger partial charge in [-0.1, -0.05) is 30.3 Å². The minimum Gasteiger partial charge on any atom is -0.443 e. The number of carbonyl (C=O) groups excluding carboxylic acids is 1. The normalized spacial score (nSPS) is 17.7. The SMILES string of the molecule is [2H]C([2H])([2H])ON(C(=O)OCc1ccccc1)C([2H])([2H])[2H]. The molecule has 0 spiro atoms. The van der Waals surface area contributed by atoms with E-state index in [1.807, 2.05) is 0 Å². The Balaban J connectivity index is 2.69. The van der Waals surface area contributed by atoms with Crippen LogP contribution in [0, 0.1) is 0 Å². The van der Waals surface area contributed by atoms with Crippen LogP contribution in [0.5, 0.6) is 0 Å². The van der Waals surface area contributed by atoms with Crippen LogP contribution in [0.2, 0.25) is 0 Å². The molecule has 0 aliphatic rings. The molecule has 0 N–H and O–H groups in total. The average molecular weight is 201 g/mol. The van der Waals surface area contributed by atoms with Crippen LogP contribution in [0.1, 0.15) is 13.8 Å². The van der Waals surface area contributed by atoms with Gasteiger partial charge in [-0.15, -0.1) is 0 Å². The van der Waals surface area contributed by atoms with Crippen molar-refractivity contribution in [1.82, 2.24) is 5.06 Å². The Morgan fingerprint density at radius 2 is 2.29 bits per heavy atom. The van der Waals surface area contributed by atoms with Crippen LogP contribution in [0.25, 0.3) is 0 Å². The number of hydrogen-bond acceptors (Lipinski definition) is 3. The number of hydroxylamine groups is 2. The van der Waals surface area contributed by atoms with E-state index in [0.29, 0.717) is 5.56 Å². The van der Waals surface area contributed by atoms with Gasteiger partial charge in [0.05, 0.1) is 11.2 Å². The lowest BCUT2D eigenvalue weighted by Gasteiger charge is -2.13. The highest BCUT2D eigenvalue weighted by Crippen LogP contribution is 2.02. The van der Waals surface area contributed by atoms with Gasteiger partial charge in [0.15, 0.2) is 0 Å². The van der Waals surface area contributed by atoms with Gasteiger partial charge < -0.3 is 4.74 Å². The summed E-state index contributed by atoms with van der Waals surface area (Å²) in [6.45, 7) is -3.28. The third-order valence-electron chi connectivity index (χ3n) is 1.46. The Morgan fingerprint density at radius 1 is 1.50 bits per heavy atom. The van der Waals surface area contributed by atoms with E-state index in [0.717, 1.165) is 0 Å². The first-order chi connectivity index (χ1) is 9.09. The fourth-order valence-corrected chi connectivity index (χ4v) is 0.815. The van der Waals surface area contributed by atoms with Gasteiger partial charge in [0.2, 0.25) is 0 Å². The first kappa shape index (κ1) is 4.79. The number of hydrogen-bond donors (Lipinski definition) is 0. The molecule has 0 atom stereocenters. The largest absolute Gasteiger partial charge is 0.443 e. The maximum Gasteiger partial charge on any atom is 0.433 e.